The van der Waals surface area contributed by atoms with Crippen molar-refractivity contribution in [1.29, 1.82) is 0 Å². The summed E-state index contributed by atoms with van der Waals surface area (Å²) in [5.41, 5.74) is -0.813. The Morgan fingerprint density at radius 3 is 2.68 bits per heavy atom. The number of aryl methyl sites for hydroxylation is 1. The first-order valence-electron chi connectivity index (χ1n) is 10.0. The zero-order valence-corrected chi connectivity index (χ0v) is 17.7. The monoisotopic (exact) mass is 459 g/mol. The van der Waals surface area contributed by atoms with Gasteiger partial charge in [-0.3, -0.25) is 0 Å². The molecule has 0 radical (unpaired) electrons. The van der Waals surface area contributed by atoms with Crippen LogP contribution in [-0.4, -0.2) is 59.1 Å². The van der Waals surface area contributed by atoms with Crippen LogP contribution >= 0.6 is 0 Å². The van der Waals surface area contributed by atoms with Gasteiger partial charge in [0.2, 0.25) is 0 Å². The fourth-order valence-corrected chi connectivity index (χ4v) is 5.62. The summed E-state index contributed by atoms with van der Waals surface area (Å²) < 4.78 is 74.2. The van der Waals surface area contributed by atoms with Crippen LogP contribution < -0.4 is 5.32 Å². The van der Waals surface area contributed by atoms with Crippen LogP contribution in [0.5, 0.6) is 0 Å². The van der Waals surface area contributed by atoms with Crippen LogP contribution in [-0.2, 0) is 28.0 Å². The van der Waals surface area contributed by atoms with E-state index in [-0.39, 0.29) is 36.0 Å². The maximum absolute atomic E-state index is 13.1. The number of imidazole rings is 1. The van der Waals surface area contributed by atoms with Crippen LogP contribution in [0.4, 0.5) is 19.0 Å². The molecule has 31 heavy (non-hydrogen) atoms. The highest BCUT2D eigenvalue weighted by molar-refractivity contribution is 7.89. The predicted molar refractivity (Wildman–Crippen MR) is 106 cm³/mol. The van der Waals surface area contributed by atoms with E-state index in [2.05, 4.69) is 15.3 Å². The number of sulfonamides is 1. The van der Waals surface area contributed by atoms with Crippen molar-refractivity contribution >= 4 is 15.8 Å². The van der Waals surface area contributed by atoms with Gasteiger partial charge in [-0.1, -0.05) is 0 Å². The number of anilines is 1. The highest BCUT2D eigenvalue weighted by atomic mass is 32.2. The van der Waals surface area contributed by atoms with E-state index in [0.717, 1.165) is 37.6 Å². The van der Waals surface area contributed by atoms with Gasteiger partial charge < -0.3 is 14.6 Å². The molecule has 2 fully saturated rings. The number of hydrogen-bond donors (Lipinski definition) is 1. The van der Waals surface area contributed by atoms with E-state index in [1.807, 2.05) is 0 Å². The lowest BCUT2D eigenvalue weighted by Gasteiger charge is -2.31. The van der Waals surface area contributed by atoms with E-state index in [0.29, 0.717) is 6.61 Å². The van der Waals surface area contributed by atoms with Crippen molar-refractivity contribution in [3.8, 4) is 0 Å². The largest absolute Gasteiger partial charge is 0.416 e. The average Bonchev–Trinajstić information content (AvgIpc) is 3.36. The molecule has 1 N–H and O–H groups in total. The van der Waals surface area contributed by atoms with Crippen molar-refractivity contribution in [1.82, 2.24) is 18.8 Å². The minimum Gasteiger partial charge on any atom is -0.378 e. The van der Waals surface area contributed by atoms with Crippen molar-refractivity contribution in [3.63, 3.8) is 0 Å². The Kier molecular flexibility index (Phi) is 5.97. The first-order valence-corrected chi connectivity index (χ1v) is 11.5. The third-order valence-electron chi connectivity index (χ3n) is 5.73. The second-order valence-corrected chi connectivity index (χ2v) is 9.83. The lowest BCUT2D eigenvalue weighted by Crippen LogP contribution is -2.39. The standard InChI is InChI=1S/C19H24F3N5O3S/c1-26-11-18(24-12-26)31(28,29)27-9-14(16-4-2-3-7-30-16)15(10-27)25-17-8-13(5-6-23-17)19(20,21)22/h5-6,8,11-12,14-16H,2-4,7,9-10H2,1H3,(H,23,25)/t14-,15-,16?/m1/s1. The van der Waals surface area contributed by atoms with Crippen LogP contribution in [0.2, 0.25) is 0 Å². The van der Waals surface area contributed by atoms with Gasteiger partial charge in [0.1, 0.15) is 5.82 Å². The summed E-state index contributed by atoms with van der Waals surface area (Å²) in [6.07, 6.45) is 1.93. The van der Waals surface area contributed by atoms with E-state index < -0.39 is 27.8 Å². The SMILES string of the molecule is Cn1cnc(S(=O)(=O)N2C[C@@H](Nc3cc(C(F)(F)F)ccn3)[C@H](C3CCCCO3)C2)c1. The number of hydrogen-bond acceptors (Lipinski definition) is 6. The number of ether oxygens (including phenoxy) is 1. The number of alkyl halides is 3. The molecule has 0 bridgehead atoms. The van der Waals surface area contributed by atoms with Gasteiger partial charge in [0.15, 0.2) is 5.03 Å². The minimum absolute atomic E-state index is 0.0534. The number of rotatable bonds is 5. The quantitative estimate of drug-likeness (QED) is 0.739. The maximum atomic E-state index is 13.1. The molecule has 170 valence electrons. The Bertz CT molecular complexity index is 1020. The van der Waals surface area contributed by atoms with E-state index in [1.54, 1.807) is 11.6 Å². The molecule has 0 saturated carbocycles. The summed E-state index contributed by atoms with van der Waals surface area (Å²) >= 11 is 0. The zero-order valence-electron chi connectivity index (χ0n) is 16.9. The highest BCUT2D eigenvalue weighted by Gasteiger charge is 2.44. The van der Waals surface area contributed by atoms with E-state index in [9.17, 15) is 21.6 Å². The highest BCUT2D eigenvalue weighted by Crippen LogP contribution is 2.34. The second kappa shape index (κ2) is 8.40. The van der Waals surface area contributed by atoms with Gasteiger partial charge in [-0.05, 0) is 31.4 Å². The number of nitrogens with one attached hydrogen (secondary N) is 1. The Balaban J connectivity index is 1.59. The number of aromatic nitrogens is 3. The molecular weight excluding hydrogens is 435 g/mol. The van der Waals surface area contributed by atoms with Gasteiger partial charge >= 0.3 is 6.18 Å². The van der Waals surface area contributed by atoms with Gasteiger partial charge in [-0.25, -0.2) is 18.4 Å². The molecule has 1 unspecified atom stereocenters. The van der Waals surface area contributed by atoms with Crippen molar-refractivity contribution in [2.24, 2.45) is 13.0 Å². The summed E-state index contributed by atoms with van der Waals surface area (Å²) in [4.78, 5) is 7.97. The molecule has 2 aliphatic heterocycles. The minimum atomic E-state index is -4.49. The maximum Gasteiger partial charge on any atom is 0.416 e. The summed E-state index contributed by atoms with van der Waals surface area (Å²) in [7, 11) is -2.16. The number of nitrogens with zero attached hydrogens (tertiary/aromatic N) is 4. The van der Waals surface area contributed by atoms with Crippen LogP contribution in [0.1, 0.15) is 24.8 Å². The molecule has 2 aromatic rings. The van der Waals surface area contributed by atoms with Crippen LogP contribution in [0.3, 0.4) is 0 Å². The Morgan fingerprint density at radius 1 is 1.23 bits per heavy atom. The van der Waals surface area contributed by atoms with Gasteiger partial charge in [-0.2, -0.15) is 17.5 Å². The lowest BCUT2D eigenvalue weighted by atomic mass is 9.91. The molecule has 0 aliphatic carbocycles. The Labute approximate surface area is 178 Å². The van der Waals surface area contributed by atoms with Gasteiger partial charge in [0.05, 0.1) is 18.0 Å². The van der Waals surface area contributed by atoms with Gasteiger partial charge in [0, 0.05) is 51.1 Å². The third-order valence-corrected chi connectivity index (χ3v) is 7.45. The van der Waals surface area contributed by atoms with E-state index >= 15 is 0 Å². The predicted octanol–water partition coefficient (Wildman–Crippen LogP) is 2.50. The van der Waals surface area contributed by atoms with Crippen LogP contribution in [0.15, 0.2) is 35.9 Å². The molecule has 4 heterocycles. The third kappa shape index (κ3) is 4.70. The fraction of sp³-hybridized carbons (Fsp3) is 0.579. The van der Waals surface area contributed by atoms with Gasteiger partial charge in [-0.15, -0.1) is 0 Å². The Hall–Kier alpha value is -2.18. The zero-order chi connectivity index (χ0) is 22.2. The summed E-state index contributed by atoms with van der Waals surface area (Å²) in [6.45, 7) is 0.865. The van der Waals surface area contributed by atoms with Gasteiger partial charge in [0.25, 0.3) is 10.0 Å². The second-order valence-electron chi connectivity index (χ2n) is 7.95. The summed E-state index contributed by atoms with van der Waals surface area (Å²) in [6, 6.07) is 1.39. The van der Waals surface area contributed by atoms with Crippen LogP contribution in [0.25, 0.3) is 0 Å². The Morgan fingerprint density at radius 2 is 2.03 bits per heavy atom. The molecular formula is C19H24F3N5O3S. The topological polar surface area (TPSA) is 89.4 Å². The van der Waals surface area contributed by atoms with Crippen LogP contribution in [0, 0.1) is 5.92 Å². The molecule has 8 nitrogen and oxygen atoms in total. The molecule has 3 atom stereocenters. The number of pyridine rings is 1. The summed E-state index contributed by atoms with van der Waals surface area (Å²) in [5.74, 6) is -0.173. The first kappa shape index (κ1) is 22.0. The molecule has 4 rings (SSSR count). The molecule has 2 aliphatic rings. The molecule has 2 aromatic heterocycles. The molecule has 12 heteroatoms. The molecule has 0 spiro atoms. The van der Waals surface area contributed by atoms with E-state index in [1.165, 1.54) is 16.8 Å². The van der Waals surface area contributed by atoms with Crippen molar-refractivity contribution < 1.29 is 26.3 Å². The van der Waals surface area contributed by atoms with Crippen molar-refractivity contribution in [2.45, 2.75) is 42.6 Å². The smallest absolute Gasteiger partial charge is 0.378 e. The fourth-order valence-electron chi connectivity index (χ4n) is 4.15. The normalized spacial score (nSPS) is 25.6. The van der Waals surface area contributed by atoms with Crippen molar-refractivity contribution in [2.75, 3.05) is 25.0 Å². The summed E-state index contributed by atoms with van der Waals surface area (Å²) in [5, 5.41) is 2.98. The molecule has 0 amide bonds. The molecule has 2 saturated heterocycles. The molecule has 0 aromatic carbocycles. The first-order chi connectivity index (χ1) is 14.6. The van der Waals surface area contributed by atoms with Crippen molar-refractivity contribution in [3.05, 3.63) is 36.4 Å². The average molecular weight is 459 g/mol. The lowest BCUT2D eigenvalue weighted by molar-refractivity contribution is -0.137. The number of halogens is 3. The van der Waals surface area contributed by atoms with E-state index in [4.69, 9.17) is 4.74 Å².